The van der Waals surface area contributed by atoms with E-state index in [2.05, 4.69) is 48.3 Å². The van der Waals surface area contributed by atoms with Crippen LogP contribution in [0.2, 0.25) is 0 Å². The molecule has 2 atom stereocenters. The van der Waals surface area contributed by atoms with E-state index >= 15 is 0 Å². The molecule has 2 rings (SSSR count). The number of anilines is 1. The van der Waals surface area contributed by atoms with Crippen molar-refractivity contribution in [2.24, 2.45) is 0 Å². The molecule has 1 aromatic rings. The Morgan fingerprint density at radius 3 is 2.08 bits per heavy atom. The van der Waals surface area contributed by atoms with E-state index in [1.807, 2.05) is 27.8 Å². The van der Waals surface area contributed by atoms with Gasteiger partial charge in [0, 0.05) is 19.3 Å². The molecule has 0 bridgehead atoms. The van der Waals surface area contributed by atoms with E-state index in [0.717, 1.165) is 25.3 Å². The second-order valence-corrected chi connectivity index (χ2v) is 8.07. The number of hydrogen-bond donors (Lipinski definition) is 2. The van der Waals surface area contributed by atoms with E-state index < -0.39 is 6.09 Å². The minimum absolute atomic E-state index is 0.0443. The number of carboxylic acid groups (broad SMARTS) is 1. The maximum Gasteiger partial charge on any atom is 0.514 e. The first-order valence-electron chi connectivity index (χ1n) is 8.74. The smallest absolute Gasteiger partial charge is 0.435 e. The highest BCUT2D eigenvalue weighted by Crippen LogP contribution is 2.36. The van der Waals surface area contributed by atoms with Crippen molar-refractivity contribution in [3.8, 4) is 0 Å². The Morgan fingerprint density at radius 1 is 1.21 bits per heavy atom. The minimum Gasteiger partial charge on any atom is -0.435 e. The van der Waals surface area contributed by atoms with Gasteiger partial charge in [-0.3, -0.25) is 4.90 Å². The zero-order valence-electron chi connectivity index (χ0n) is 15.8. The predicted octanol–water partition coefficient (Wildman–Crippen LogP) is 3.61. The van der Waals surface area contributed by atoms with Gasteiger partial charge in [-0.1, -0.05) is 12.1 Å². The van der Waals surface area contributed by atoms with Crippen LogP contribution in [-0.4, -0.2) is 58.3 Å². The zero-order valence-corrected chi connectivity index (χ0v) is 15.8. The lowest BCUT2D eigenvalue weighted by molar-refractivity contribution is -0.949. The number of rotatable bonds is 3. The predicted molar refractivity (Wildman–Crippen MR) is 98.2 cm³/mol. The second kappa shape index (κ2) is 6.73. The fourth-order valence-corrected chi connectivity index (χ4v) is 4.66. The fourth-order valence-electron chi connectivity index (χ4n) is 4.66. The molecule has 134 valence electrons. The molecule has 1 amide bonds. The fraction of sp³-hybridized carbons (Fsp3) is 0.632. The normalized spacial score (nSPS) is 28.6. The Labute approximate surface area is 145 Å². The van der Waals surface area contributed by atoms with Crippen LogP contribution in [0.25, 0.3) is 0 Å². The molecular formula is C19H32N3O2+. The average Bonchev–Trinajstić information content (AvgIpc) is 2.45. The molecule has 1 saturated heterocycles. The molecule has 1 aromatic carbocycles. The molecule has 0 spiro atoms. The number of nitrogens with zero attached hydrogens (tertiary/aromatic N) is 2. The highest BCUT2D eigenvalue weighted by atomic mass is 16.4. The van der Waals surface area contributed by atoms with Gasteiger partial charge in [-0.15, -0.1) is 0 Å². The first kappa shape index (κ1) is 18.7. The quantitative estimate of drug-likeness (QED) is 0.829. The molecule has 1 aliphatic heterocycles. The standard InChI is InChI=1S/C19H31N3O2/c1-14-11-21(13-16-7-9-17(20-6)10-8-16)12-15(2)22(14,18(23)24)19(3,4)5/h7-10,14-15,20H,11-13H2,1-6H3/p+1. The molecule has 2 N–H and O–H groups in total. The maximum atomic E-state index is 12.2. The van der Waals surface area contributed by atoms with Crippen LogP contribution in [-0.2, 0) is 6.54 Å². The number of benzene rings is 1. The average molecular weight is 334 g/mol. The summed E-state index contributed by atoms with van der Waals surface area (Å²) in [6, 6.07) is 8.53. The number of amides is 1. The van der Waals surface area contributed by atoms with Crippen LogP contribution in [0.3, 0.4) is 0 Å². The van der Waals surface area contributed by atoms with Gasteiger partial charge in [-0.25, -0.2) is 4.48 Å². The maximum absolute atomic E-state index is 12.2. The second-order valence-electron chi connectivity index (χ2n) is 8.07. The Morgan fingerprint density at radius 2 is 1.71 bits per heavy atom. The van der Waals surface area contributed by atoms with Crippen LogP contribution in [0.4, 0.5) is 10.5 Å². The summed E-state index contributed by atoms with van der Waals surface area (Å²) in [5.41, 5.74) is 2.04. The summed E-state index contributed by atoms with van der Waals surface area (Å²) < 4.78 is 0.127. The van der Waals surface area contributed by atoms with Crippen molar-refractivity contribution in [2.75, 3.05) is 25.5 Å². The lowest BCUT2D eigenvalue weighted by Crippen LogP contribution is -2.77. The first-order valence-corrected chi connectivity index (χ1v) is 8.74. The summed E-state index contributed by atoms with van der Waals surface area (Å²) in [5.74, 6) is 0. The lowest BCUT2D eigenvalue weighted by Gasteiger charge is -2.55. The molecule has 5 nitrogen and oxygen atoms in total. The van der Waals surface area contributed by atoms with Crippen LogP contribution in [0, 0.1) is 0 Å². The third-order valence-electron chi connectivity index (χ3n) is 5.51. The van der Waals surface area contributed by atoms with Crippen LogP contribution in [0.15, 0.2) is 24.3 Å². The molecule has 2 unspecified atom stereocenters. The number of piperazine rings is 1. The van der Waals surface area contributed by atoms with Gasteiger partial charge >= 0.3 is 6.09 Å². The van der Waals surface area contributed by atoms with E-state index in [-0.39, 0.29) is 22.1 Å². The first-order chi connectivity index (χ1) is 11.1. The third-order valence-corrected chi connectivity index (χ3v) is 5.51. The van der Waals surface area contributed by atoms with Crippen molar-refractivity contribution >= 4 is 11.8 Å². The molecule has 1 fully saturated rings. The van der Waals surface area contributed by atoms with Gasteiger partial charge in [0.15, 0.2) is 0 Å². The van der Waals surface area contributed by atoms with Crippen LogP contribution in [0.5, 0.6) is 0 Å². The third kappa shape index (κ3) is 3.15. The molecule has 5 heteroatoms. The number of hydrogen-bond acceptors (Lipinski definition) is 3. The van der Waals surface area contributed by atoms with Crippen molar-refractivity contribution in [3.05, 3.63) is 29.8 Å². The Hall–Kier alpha value is -1.59. The monoisotopic (exact) mass is 334 g/mol. The van der Waals surface area contributed by atoms with Gasteiger partial charge in [-0.2, -0.15) is 4.79 Å². The number of nitrogens with one attached hydrogen (secondary N) is 1. The van der Waals surface area contributed by atoms with Gasteiger partial charge in [0.05, 0.1) is 13.1 Å². The summed E-state index contributed by atoms with van der Waals surface area (Å²) in [7, 11) is 1.92. The van der Waals surface area contributed by atoms with Gasteiger partial charge in [0.1, 0.15) is 17.6 Å². The molecule has 0 aliphatic carbocycles. The summed E-state index contributed by atoms with van der Waals surface area (Å²) in [5, 5.41) is 13.2. The van der Waals surface area contributed by atoms with Gasteiger partial charge < -0.3 is 10.4 Å². The van der Waals surface area contributed by atoms with Crippen LogP contribution in [0.1, 0.15) is 40.2 Å². The van der Waals surface area contributed by atoms with Gasteiger partial charge in [0.2, 0.25) is 0 Å². The van der Waals surface area contributed by atoms with Crippen LogP contribution < -0.4 is 5.32 Å². The summed E-state index contributed by atoms with van der Waals surface area (Å²) in [4.78, 5) is 14.6. The van der Waals surface area contributed by atoms with Crippen molar-refractivity contribution in [2.45, 2.75) is 58.8 Å². The molecule has 24 heavy (non-hydrogen) atoms. The largest absolute Gasteiger partial charge is 0.514 e. The van der Waals surface area contributed by atoms with E-state index in [4.69, 9.17) is 0 Å². The summed E-state index contributed by atoms with van der Waals surface area (Å²) >= 11 is 0. The van der Waals surface area contributed by atoms with Gasteiger partial charge in [-0.05, 0) is 52.3 Å². The summed E-state index contributed by atoms with van der Waals surface area (Å²) in [6.45, 7) is 12.7. The topological polar surface area (TPSA) is 52.6 Å². The van der Waals surface area contributed by atoms with Crippen LogP contribution >= 0.6 is 0 Å². The number of quaternary nitrogens is 1. The summed E-state index contributed by atoms with van der Waals surface area (Å²) in [6.07, 6.45) is -0.708. The lowest BCUT2D eigenvalue weighted by atomic mass is 9.91. The zero-order chi connectivity index (χ0) is 18.1. The molecule has 0 aromatic heterocycles. The molecule has 0 saturated carbocycles. The van der Waals surface area contributed by atoms with Crippen molar-refractivity contribution in [1.82, 2.24) is 4.90 Å². The highest BCUT2D eigenvalue weighted by Gasteiger charge is 2.58. The van der Waals surface area contributed by atoms with Gasteiger partial charge in [0.25, 0.3) is 0 Å². The molecule has 1 heterocycles. The Kier molecular flexibility index (Phi) is 5.25. The Bertz CT molecular complexity index is 565. The molecule has 0 radical (unpaired) electrons. The van der Waals surface area contributed by atoms with E-state index in [1.165, 1.54) is 5.56 Å². The van der Waals surface area contributed by atoms with Crippen molar-refractivity contribution in [3.63, 3.8) is 0 Å². The van der Waals surface area contributed by atoms with E-state index in [9.17, 15) is 9.90 Å². The van der Waals surface area contributed by atoms with Crippen molar-refractivity contribution in [1.29, 1.82) is 0 Å². The van der Waals surface area contributed by atoms with E-state index in [0.29, 0.717) is 0 Å². The molecule has 1 aliphatic rings. The molecular weight excluding hydrogens is 302 g/mol. The SMILES string of the molecule is CNc1ccc(CN2CC(C)[N+](C(=O)O)(C(C)(C)C)C(C)C2)cc1. The van der Waals surface area contributed by atoms with Crippen molar-refractivity contribution < 1.29 is 14.4 Å². The minimum atomic E-state index is -0.708. The van der Waals surface area contributed by atoms with E-state index in [1.54, 1.807) is 0 Å². The highest BCUT2D eigenvalue weighted by molar-refractivity contribution is 5.58. The Balaban J connectivity index is 2.18. The number of carbonyl (C=O) groups is 1.